The van der Waals surface area contributed by atoms with Gasteiger partial charge in [-0.15, -0.1) is 0 Å². The van der Waals surface area contributed by atoms with Crippen LogP contribution in [0.1, 0.15) is 19.8 Å². The van der Waals surface area contributed by atoms with Crippen LogP contribution >= 0.6 is 11.6 Å². The first-order chi connectivity index (χ1) is 8.02. The Kier molecular flexibility index (Phi) is 3.40. The Bertz CT molecular complexity index is 402. The molecular formula is C11H16ClN3O2. The topological polar surface area (TPSA) is 58.5 Å². The highest BCUT2D eigenvalue weighted by atomic mass is 35.5. The van der Waals surface area contributed by atoms with E-state index >= 15 is 0 Å². The first-order valence-corrected chi connectivity index (χ1v) is 5.93. The van der Waals surface area contributed by atoms with E-state index in [4.69, 9.17) is 16.3 Å². The Hall–Kier alpha value is -1.07. The summed E-state index contributed by atoms with van der Waals surface area (Å²) in [7, 11) is 1.52. The molecule has 5 nitrogen and oxygen atoms in total. The molecule has 2 rings (SSSR count). The van der Waals surface area contributed by atoms with Gasteiger partial charge in [0.25, 0.3) is 0 Å². The summed E-state index contributed by atoms with van der Waals surface area (Å²) < 4.78 is 4.98. The number of nitrogens with zero attached hydrogens (tertiary/aromatic N) is 3. The summed E-state index contributed by atoms with van der Waals surface area (Å²) in [4.78, 5) is 10.2. The number of anilines is 1. The summed E-state index contributed by atoms with van der Waals surface area (Å²) in [5.41, 5.74) is -0.583. The monoisotopic (exact) mass is 257 g/mol. The van der Waals surface area contributed by atoms with Crippen LogP contribution in [0, 0.1) is 0 Å². The Morgan fingerprint density at radius 1 is 1.47 bits per heavy atom. The second kappa shape index (κ2) is 4.66. The van der Waals surface area contributed by atoms with E-state index in [1.54, 1.807) is 0 Å². The lowest BCUT2D eigenvalue weighted by atomic mass is 9.94. The normalized spacial score (nSPS) is 19.2. The zero-order valence-electron chi connectivity index (χ0n) is 9.98. The predicted octanol–water partition coefficient (Wildman–Crippen LogP) is 1.49. The maximum absolute atomic E-state index is 9.89. The number of aliphatic hydroxyl groups is 1. The van der Waals surface area contributed by atoms with Crippen LogP contribution in [-0.2, 0) is 0 Å². The second-order valence-electron chi connectivity index (χ2n) is 4.51. The van der Waals surface area contributed by atoms with Crippen LogP contribution in [0.15, 0.2) is 6.20 Å². The average molecular weight is 258 g/mol. The molecule has 1 aromatic heterocycles. The van der Waals surface area contributed by atoms with Crippen LogP contribution in [0.4, 0.5) is 5.82 Å². The van der Waals surface area contributed by atoms with E-state index < -0.39 is 5.60 Å². The second-order valence-corrected chi connectivity index (χ2v) is 4.92. The minimum absolute atomic E-state index is 0.307. The van der Waals surface area contributed by atoms with Crippen molar-refractivity contribution in [2.45, 2.75) is 25.4 Å². The molecule has 2 heterocycles. The third kappa shape index (κ3) is 2.79. The number of halogens is 1. The summed E-state index contributed by atoms with van der Waals surface area (Å²) in [6.07, 6.45) is 2.95. The van der Waals surface area contributed by atoms with Gasteiger partial charge in [0.05, 0.1) is 18.9 Å². The highest BCUT2D eigenvalue weighted by Crippen LogP contribution is 2.29. The van der Waals surface area contributed by atoms with Crippen molar-refractivity contribution in [1.29, 1.82) is 0 Å². The molecule has 17 heavy (non-hydrogen) atoms. The lowest BCUT2D eigenvalue weighted by Gasteiger charge is -2.36. The van der Waals surface area contributed by atoms with Crippen molar-refractivity contribution in [3.63, 3.8) is 0 Å². The zero-order chi connectivity index (χ0) is 12.5. The predicted molar refractivity (Wildman–Crippen MR) is 65.7 cm³/mol. The van der Waals surface area contributed by atoms with Crippen LogP contribution < -0.4 is 9.64 Å². The SMILES string of the molecule is COc1ncc(Cl)c(N2CCC(C)(O)CC2)n1. The van der Waals surface area contributed by atoms with Gasteiger partial charge in [0.15, 0.2) is 5.82 Å². The molecule has 0 saturated carbocycles. The Morgan fingerprint density at radius 3 is 2.71 bits per heavy atom. The molecule has 0 amide bonds. The van der Waals surface area contributed by atoms with Gasteiger partial charge in [0, 0.05) is 13.1 Å². The molecule has 1 aliphatic rings. The summed E-state index contributed by atoms with van der Waals surface area (Å²) in [5.74, 6) is 0.675. The number of rotatable bonds is 2. The van der Waals surface area contributed by atoms with Crippen molar-refractivity contribution >= 4 is 17.4 Å². The van der Waals surface area contributed by atoms with Crippen LogP contribution in [-0.4, -0.2) is 40.9 Å². The summed E-state index contributed by atoms with van der Waals surface area (Å²) in [6.45, 7) is 3.31. The first kappa shape index (κ1) is 12.4. The maximum Gasteiger partial charge on any atom is 0.318 e. The molecule has 1 fully saturated rings. The minimum atomic E-state index is -0.583. The fourth-order valence-electron chi connectivity index (χ4n) is 1.86. The molecule has 6 heteroatoms. The molecule has 0 bridgehead atoms. The highest BCUT2D eigenvalue weighted by molar-refractivity contribution is 6.32. The molecule has 0 atom stereocenters. The molecule has 1 N–H and O–H groups in total. The third-order valence-corrected chi connectivity index (χ3v) is 3.29. The molecule has 0 aliphatic carbocycles. The van der Waals surface area contributed by atoms with Gasteiger partial charge in [-0.2, -0.15) is 4.98 Å². The first-order valence-electron chi connectivity index (χ1n) is 5.56. The van der Waals surface area contributed by atoms with Crippen molar-refractivity contribution < 1.29 is 9.84 Å². The third-order valence-electron chi connectivity index (χ3n) is 3.03. The van der Waals surface area contributed by atoms with E-state index in [1.165, 1.54) is 13.3 Å². The largest absolute Gasteiger partial charge is 0.467 e. The smallest absolute Gasteiger partial charge is 0.318 e. The van der Waals surface area contributed by atoms with Gasteiger partial charge in [0.2, 0.25) is 0 Å². The molecule has 0 aromatic carbocycles. The fraction of sp³-hybridized carbons (Fsp3) is 0.636. The highest BCUT2D eigenvalue weighted by Gasteiger charge is 2.29. The zero-order valence-corrected chi connectivity index (χ0v) is 10.7. The van der Waals surface area contributed by atoms with Crippen molar-refractivity contribution in [2.75, 3.05) is 25.1 Å². The van der Waals surface area contributed by atoms with E-state index in [0.29, 0.717) is 29.7 Å². The maximum atomic E-state index is 9.89. The number of hydrogen-bond acceptors (Lipinski definition) is 5. The van der Waals surface area contributed by atoms with Crippen LogP contribution in [0.25, 0.3) is 0 Å². The van der Waals surface area contributed by atoms with Gasteiger partial charge in [-0.3, -0.25) is 0 Å². The number of methoxy groups -OCH3 is 1. The van der Waals surface area contributed by atoms with Gasteiger partial charge < -0.3 is 14.7 Å². The summed E-state index contributed by atoms with van der Waals surface area (Å²) in [6, 6.07) is 0.307. The lowest BCUT2D eigenvalue weighted by Crippen LogP contribution is -2.42. The van der Waals surface area contributed by atoms with Crippen molar-refractivity contribution in [2.24, 2.45) is 0 Å². The molecular weight excluding hydrogens is 242 g/mol. The molecule has 0 spiro atoms. The number of hydrogen-bond donors (Lipinski definition) is 1. The molecule has 1 aliphatic heterocycles. The number of aromatic nitrogens is 2. The van der Waals surface area contributed by atoms with Crippen LogP contribution in [0.5, 0.6) is 6.01 Å². The standard InChI is InChI=1S/C11H16ClN3O2/c1-11(16)3-5-15(6-4-11)9-8(12)7-13-10(14-9)17-2/h7,16H,3-6H2,1-2H3. The average Bonchev–Trinajstić information content (AvgIpc) is 2.30. The molecule has 0 unspecified atom stereocenters. The van der Waals surface area contributed by atoms with Crippen molar-refractivity contribution in [3.8, 4) is 6.01 Å². The Balaban J connectivity index is 2.17. The number of ether oxygens (including phenoxy) is 1. The summed E-state index contributed by atoms with van der Waals surface area (Å²) >= 11 is 6.07. The van der Waals surface area contributed by atoms with Gasteiger partial charge in [-0.25, -0.2) is 4.98 Å². The molecule has 0 radical (unpaired) electrons. The van der Waals surface area contributed by atoms with E-state index in [1.807, 2.05) is 11.8 Å². The Morgan fingerprint density at radius 2 is 2.12 bits per heavy atom. The molecule has 1 saturated heterocycles. The minimum Gasteiger partial charge on any atom is -0.467 e. The van der Waals surface area contributed by atoms with Crippen molar-refractivity contribution in [1.82, 2.24) is 9.97 Å². The van der Waals surface area contributed by atoms with E-state index in [-0.39, 0.29) is 0 Å². The summed E-state index contributed by atoms with van der Waals surface area (Å²) in [5, 5.41) is 10.4. The van der Waals surface area contributed by atoms with Crippen molar-refractivity contribution in [3.05, 3.63) is 11.2 Å². The van der Waals surface area contributed by atoms with E-state index in [0.717, 1.165) is 13.1 Å². The van der Waals surface area contributed by atoms with Crippen LogP contribution in [0.2, 0.25) is 5.02 Å². The fourth-order valence-corrected chi connectivity index (χ4v) is 2.07. The van der Waals surface area contributed by atoms with Gasteiger partial charge in [-0.05, 0) is 19.8 Å². The quantitative estimate of drug-likeness (QED) is 0.870. The number of piperidine rings is 1. The Labute approximate surface area is 105 Å². The molecule has 94 valence electrons. The van der Waals surface area contributed by atoms with Gasteiger partial charge in [0.1, 0.15) is 5.02 Å². The lowest BCUT2D eigenvalue weighted by molar-refractivity contribution is 0.0350. The van der Waals surface area contributed by atoms with Gasteiger partial charge >= 0.3 is 6.01 Å². The van der Waals surface area contributed by atoms with Crippen LogP contribution in [0.3, 0.4) is 0 Å². The van der Waals surface area contributed by atoms with Gasteiger partial charge in [-0.1, -0.05) is 11.6 Å². The molecule has 1 aromatic rings. The van der Waals surface area contributed by atoms with E-state index in [9.17, 15) is 5.11 Å². The van der Waals surface area contributed by atoms with E-state index in [2.05, 4.69) is 9.97 Å².